The van der Waals surface area contributed by atoms with Crippen LogP contribution < -0.4 is 19.5 Å². The lowest BCUT2D eigenvalue weighted by Gasteiger charge is -2.23. The van der Waals surface area contributed by atoms with E-state index in [0.29, 0.717) is 6.42 Å². The van der Waals surface area contributed by atoms with Crippen LogP contribution in [0.4, 0.5) is 20.2 Å². The van der Waals surface area contributed by atoms with Crippen LogP contribution >= 0.6 is 21.0 Å². The van der Waals surface area contributed by atoms with Crippen LogP contribution in [0.25, 0.3) is 0 Å². The van der Waals surface area contributed by atoms with Crippen LogP contribution in [-0.4, -0.2) is 38.2 Å². The number of hydrogen-bond acceptors (Lipinski definition) is 7. The van der Waals surface area contributed by atoms with Crippen molar-refractivity contribution >= 4 is 53.4 Å². The summed E-state index contributed by atoms with van der Waals surface area (Å²) in [7, 11) is -2.99. The number of carbonyl (C=O) groups is 2. The molecule has 0 saturated heterocycles. The van der Waals surface area contributed by atoms with E-state index in [-0.39, 0.29) is 45.4 Å². The Morgan fingerprint density at radius 3 is 2.59 bits per heavy atom. The summed E-state index contributed by atoms with van der Waals surface area (Å²) >= 11 is 1.00. The number of carbonyl (C=O) groups excluding carboxylic acids is 2. The summed E-state index contributed by atoms with van der Waals surface area (Å²) in [6, 6.07) is 9.15. The zero-order valence-corrected chi connectivity index (χ0v) is 24.3. The van der Waals surface area contributed by atoms with Gasteiger partial charge in [-0.05, 0) is 78.3 Å². The van der Waals surface area contributed by atoms with Gasteiger partial charge < -0.3 is 14.8 Å². The van der Waals surface area contributed by atoms with Gasteiger partial charge in [-0.25, -0.2) is 8.42 Å². The van der Waals surface area contributed by atoms with Crippen LogP contribution in [0.1, 0.15) is 32.6 Å². The maximum Gasteiger partial charge on any atom is 0.408 e. The molecule has 0 fully saturated rings. The molecule has 8 nitrogen and oxygen atoms in total. The highest BCUT2D eigenvalue weighted by molar-refractivity contribution is 8.13. The van der Waals surface area contributed by atoms with Crippen LogP contribution in [0.2, 0.25) is 0 Å². The van der Waals surface area contributed by atoms with Gasteiger partial charge in [0.1, 0.15) is 22.3 Å². The zero-order chi connectivity index (χ0) is 28.6. The molecule has 0 aliphatic heterocycles. The first-order valence-electron chi connectivity index (χ1n) is 12.2. The number of alkyl halides is 2. The highest BCUT2D eigenvalue weighted by Crippen LogP contribution is 2.33. The number of anilines is 2. The first kappa shape index (κ1) is 30.8. The topological polar surface area (TPSA) is 111 Å². The molecule has 0 bridgehead atoms. The van der Waals surface area contributed by atoms with Gasteiger partial charge in [0.05, 0.1) is 12.3 Å². The molecule has 3 atom stereocenters. The number of hydrogen-bond donors (Lipinski definition) is 2. The maximum atomic E-state index is 13.2. The van der Waals surface area contributed by atoms with Crippen molar-refractivity contribution in [3.8, 4) is 11.5 Å². The van der Waals surface area contributed by atoms with Gasteiger partial charge in [-0.1, -0.05) is 30.0 Å². The molecule has 13 heteroatoms. The molecule has 0 saturated carbocycles. The Morgan fingerprint density at radius 1 is 1.18 bits per heavy atom. The number of allylic oxidation sites excluding steroid dienone is 2. The molecule has 0 aromatic heterocycles. The molecule has 1 aliphatic rings. The number of thioether (sulfide) groups is 1. The second-order valence-corrected chi connectivity index (χ2v) is 12.0. The third-order valence-electron chi connectivity index (χ3n) is 5.89. The number of ether oxygens (including phenoxy) is 2. The minimum absolute atomic E-state index is 0.00226. The van der Waals surface area contributed by atoms with E-state index in [1.807, 2.05) is 0 Å². The average Bonchev–Trinajstić information content (AvgIpc) is 2.86. The first-order chi connectivity index (χ1) is 18.4. The van der Waals surface area contributed by atoms with Crippen molar-refractivity contribution in [3.05, 3.63) is 54.6 Å². The van der Waals surface area contributed by atoms with E-state index >= 15 is 0 Å². The van der Waals surface area contributed by atoms with E-state index in [1.165, 1.54) is 45.6 Å². The average molecular weight is 601 g/mol. The number of benzene rings is 2. The van der Waals surface area contributed by atoms with Gasteiger partial charge in [-0.3, -0.25) is 14.3 Å². The van der Waals surface area contributed by atoms with E-state index in [9.17, 15) is 26.8 Å². The Kier molecular flexibility index (Phi) is 10.7. The fourth-order valence-electron chi connectivity index (χ4n) is 4.15. The zero-order valence-electron chi connectivity index (χ0n) is 21.5. The van der Waals surface area contributed by atoms with E-state index < -0.39 is 27.7 Å². The van der Waals surface area contributed by atoms with Crippen molar-refractivity contribution in [2.75, 3.05) is 22.9 Å². The van der Waals surface area contributed by atoms with Gasteiger partial charge >= 0.3 is 5.85 Å². The van der Waals surface area contributed by atoms with Crippen molar-refractivity contribution in [1.29, 1.82) is 0 Å². The van der Waals surface area contributed by atoms with Crippen molar-refractivity contribution in [1.82, 2.24) is 0 Å². The molecule has 1 aliphatic carbocycles. The largest absolute Gasteiger partial charge is 0.492 e. The van der Waals surface area contributed by atoms with Crippen molar-refractivity contribution in [3.63, 3.8) is 0 Å². The van der Waals surface area contributed by atoms with Crippen LogP contribution in [0.3, 0.4) is 0 Å². The minimum atomic E-state index is -4.22. The molecular weight excluding hydrogens is 569 g/mol. The Balaban J connectivity index is 1.81. The van der Waals surface area contributed by atoms with Gasteiger partial charge in [0.15, 0.2) is 0 Å². The second-order valence-electron chi connectivity index (χ2n) is 8.84. The first-order valence-corrected chi connectivity index (χ1v) is 15.5. The predicted molar refractivity (Wildman–Crippen MR) is 152 cm³/mol. The SMILES string of the molecule is CCOc1cc(NC(=O)C(CC2CC=CCC2)C(=O)SC)ccc1S(=O)(=O)Nc1cccc(OC(F)(F)P)c1. The van der Waals surface area contributed by atoms with Gasteiger partial charge in [-0.15, -0.1) is 0 Å². The van der Waals surface area contributed by atoms with Crippen LogP contribution in [0, 0.1) is 11.8 Å². The molecule has 0 heterocycles. The number of rotatable bonds is 12. The number of halogens is 2. The van der Waals surface area contributed by atoms with Crippen LogP contribution in [-0.2, 0) is 19.6 Å². The molecular formula is C26H31F2N2O6PS2. The fraction of sp³-hybridized carbons (Fsp3) is 0.385. The van der Waals surface area contributed by atoms with Crippen molar-refractivity contribution < 1.29 is 36.3 Å². The standard InChI is InChI=1S/C26H31F2N2O6PS2/c1-3-35-22-16-18(29-24(31)21(25(32)38-2)14-17-8-5-4-6-9-17)12-13-23(22)39(33,34)30-19-10-7-11-20(15-19)36-26(27,28)37/h4-5,7,10-13,15-17,21,30H,3,6,8-9,14,37H2,1-2H3,(H,29,31). The molecule has 2 N–H and O–H groups in total. The highest BCUT2D eigenvalue weighted by atomic mass is 32.2. The lowest BCUT2D eigenvalue weighted by atomic mass is 9.86. The van der Waals surface area contributed by atoms with Crippen molar-refractivity contribution in [2.24, 2.45) is 11.8 Å². The minimum Gasteiger partial charge on any atom is -0.492 e. The summed E-state index contributed by atoms with van der Waals surface area (Å²) in [5.41, 5.74) is 0.264. The molecule has 3 unspecified atom stereocenters. The second kappa shape index (κ2) is 13.6. The lowest BCUT2D eigenvalue weighted by Crippen LogP contribution is -2.30. The normalized spacial score (nSPS) is 16.3. The van der Waals surface area contributed by atoms with Gasteiger partial charge in [0.2, 0.25) is 11.0 Å². The lowest BCUT2D eigenvalue weighted by molar-refractivity contribution is -0.127. The van der Waals surface area contributed by atoms with E-state index in [1.54, 1.807) is 13.2 Å². The Labute approximate surface area is 233 Å². The fourth-order valence-corrected chi connectivity index (χ4v) is 5.95. The number of sulfonamides is 1. The molecule has 1 amide bonds. The number of nitrogens with one attached hydrogen (secondary N) is 2. The Morgan fingerprint density at radius 2 is 1.95 bits per heavy atom. The van der Waals surface area contributed by atoms with E-state index in [2.05, 4.69) is 26.9 Å². The summed E-state index contributed by atoms with van der Waals surface area (Å²) in [4.78, 5) is 25.4. The molecule has 212 valence electrons. The van der Waals surface area contributed by atoms with Gasteiger partial charge in [-0.2, -0.15) is 8.78 Å². The number of amides is 1. The molecule has 39 heavy (non-hydrogen) atoms. The predicted octanol–water partition coefficient (Wildman–Crippen LogP) is 5.88. The summed E-state index contributed by atoms with van der Waals surface area (Å²) in [5.74, 6) is -4.88. The van der Waals surface area contributed by atoms with Crippen LogP contribution in [0.5, 0.6) is 11.5 Å². The summed E-state index contributed by atoms with van der Waals surface area (Å²) in [5, 5.41) is 2.49. The quantitative estimate of drug-likeness (QED) is 0.178. The van der Waals surface area contributed by atoms with Gasteiger partial charge in [0, 0.05) is 17.8 Å². The van der Waals surface area contributed by atoms with Crippen LogP contribution in [0.15, 0.2) is 59.5 Å². The maximum absolute atomic E-state index is 13.2. The van der Waals surface area contributed by atoms with E-state index in [0.717, 1.165) is 37.1 Å². The summed E-state index contributed by atoms with van der Waals surface area (Å²) in [6.07, 6.45) is 8.85. The molecule has 2 aromatic carbocycles. The Hall–Kier alpha value is -2.69. The molecule has 0 radical (unpaired) electrons. The summed E-state index contributed by atoms with van der Waals surface area (Å²) in [6.45, 7) is 1.81. The third kappa shape index (κ3) is 9.19. The van der Waals surface area contributed by atoms with Crippen molar-refractivity contribution in [2.45, 2.75) is 43.4 Å². The smallest absolute Gasteiger partial charge is 0.408 e. The monoisotopic (exact) mass is 600 g/mol. The molecule has 3 rings (SSSR count). The molecule has 0 spiro atoms. The summed E-state index contributed by atoms with van der Waals surface area (Å²) < 4.78 is 65.0. The van der Waals surface area contributed by atoms with Gasteiger partial charge in [0.25, 0.3) is 10.0 Å². The third-order valence-corrected chi connectivity index (χ3v) is 8.12. The Bertz CT molecular complexity index is 1320. The molecule has 2 aromatic rings. The highest BCUT2D eigenvalue weighted by Gasteiger charge is 2.30. The van der Waals surface area contributed by atoms with E-state index in [4.69, 9.17) is 4.74 Å².